The Kier molecular flexibility index (Phi) is 5.84. The predicted molar refractivity (Wildman–Crippen MR) is 90.9 cm³/mol. The Bertz CT molecular complexity index is 613. The van der Waals surface area contributed by atoms with Gasteiger partial charge in [0.2, 0.25) is 0 Å². The number of nitrogens with one attached hydrogen (secondary N) is 1. The summed E-state index contributed by atoms with van der Waals surface area (Å²) in [5, 5.41) is 2.98. The molecule has 0 aromatic heterocycles. The molecule has 0 saturated heterocycles. The van der Waals surface area contributed by atoms with Gasteiger partial charge in [-0.25, -0.2) is 0 Å². The van der Waals surface area contributed by atoms with Crippen LogP contribution in [0.5, 0.6) is 0 Å². The van der Waals surface area contributed by atoms with E-state index >= 15 is 0 Å². The van der Waals surface area contributed by atoms with Gasteiger partial charge in [0.25, 0.3) is 0 Å². The van der Waals surface area contributed by atoms with Gasteiger partial charge >= 0.3 is 5.97 Å². The van der Waals surface area contributed by atoms with Gasteiger partial charge in [-0.15, -0.1) is 11.6 Å². The van der Waals surface area contributed by atoms with E-state index in [9.17, 15) is 4.79 Å². The maximum atomic E-state index is 12.3. The first-order valence-corrected chi connectivity index (χ1v) is 7.78. The summed E-state index contributed by atoms with van der Waals surface area (Å²) in [6.07, 6.45) is 0. The molecule has 116 valence electrons. The van der Waals surface area contributed by atoms with E-state index in [1.165, 1.54) is 0 Å². The highest BCUT2D eigenvalue weighted by atomic mass is 35.5. The van der Waals surface area contributed by atoms with Crippen molar-refractivity contribution >= 4 is 28.9 Å². The number of anilines is 2. The second-order valence-corrected chi connectivity index (χ2v) is 5.67. The largest absolute Gasteiger partial charge is 0.465 e. The number of carbonyl (C=O) groups is 1. The van der Waals surface area contributed by atoms with Gasteiger partial charge in [-0.1, -0.05) is 36.4 Å². The number of ether oxygens (including phenoxy) is 1. The minimum Gasteiger partial charge on any atom is -0.465 e. The van der Waals surface area contributed by atoms with Crippen LogP contribution in [0.1, 0.15) is 25.3 Å². The van der Waals surface area contributed by atoms with E-state index in [1.54, 1.807) is 6.92 Å². The Hall–Kier alpha value is -2.00. The fraction of sp³-hybridized carbons (Fsp3) is 0.278. The first-order chi connectivity index (χ1) is 10.6. The summed E-state index contributed by atoms with van der Waals surface area (Å²) in [5.41, 5.74) is 2.66. The zero-order chi connectivity index (χ0) is 15.9. The number of esters is 1. The quantitative estimate of drug-likeness (QED) is 0.619. The number of alkyl halides is 1. The summed E-state index contributed by atoms with van der Waals surface area (Å²) in [7, 11) is 0. The Labute approximate surface area is 136 Å². The van der Waals surface area contributed by atoms with Crippen LogP contribution in [-0.2, 0) is 9.53 Å². The van der Waals surface area contributed by atoms with Crippen molar-refractivity contribution in [1.82, 2.24) is 0 Å². The van der Waals surface area contributed by atoms with Gasteiger partial charge in [0, 0.05) is 16.8 Å². The zero-order valence-corrected chi connectivity index (χ0v) is 13.5. The molecule has 3 nitrogen and oxygen atoms in total. The van der Waals surface area contributed by atoms with E-state index in [0.717, 1.165) is 16.9 Å². The number of hydrogen-bond acceptors (Lipinski definition) is 3. The number of halogens is 1. The zero-order valence-electron chi connectivity index (χ0n) is 12.8. The average Bonchev–Trinajstić information content (AvgIpc) is 2.50. The van der Waals surface area contributed by atoms with Crippen molar-refractivity contribution in [3.05, 3.63) is 60.2 Å². The predicted octanol–water partition coefficient (Wildman–Crippen LogP) is 4.70. The van der Waals surface area contributed by atoms with E-state index in [1.807, 2.05) is 61.5 Å². The minimum absolute atomic E-state index is 0.299. The second kappa shape index (κ2) is 7.85. The van der Waals surface area contributed by atoms with Crippen molar-refractivity contribution in [3.8, 4) is 0 Å². The van der Waals surface area contributed by atoms with Crippen LogP contribution in [0.2, 0.25) is 0 Å². The Morgan fingerprint density at radius 1 is 1.14 bits per heavy atom. The van der Waals surface area contributed by atoms with E-state index in [2.05, 4.69) is 5.32 Å². The van der Waals surface area contributed by atoms with Crippen LogP contribution in [0.25, 0.3) is 0 Å². The molecule has 0 fully saturated rings. The molecule has 0 radical (unpaired) electrons. The van der Waals surface area contributed by atoms with Crippen LogP contribution in [-0.4, -0.2) is 18.0 Å². The number of rotatable bonds is 6. The molecule has 2 rings (SSSR count). The summed E-state index contributed by atoms with van der Waals surface area (Å²) in [4.78, 5) is 12.3. The lowest BCUT2D eigenvalue weighted by atomic mass is 9.94. The van der Waals surface area contributed by atoms with Gasteiger partial charge in [0.15, 0.2) is 0 Å². The molecule has 0 bridgehead atoms. The van der Waals surface area contributed by atoms with Gasteiger partial charge in [0.05, 0.1) is 12.5 Å². The van der Waals surface area contributed by atoms with Crippen molar-refractivity contribution in [2.24, 2.45) is 0 Å². The van der Waals surface area contributed by atoms with E-state index < -0.39 is 5.92 Å². The third-order valence-electron chi connectivity index (χ3n) is 3.35. The minimum atomic E-state index is -0.506. The fourth-order valence-electron chi connectivity index (χ4n) is 2.35. The molecule has 0 saturated carbocycles. The molecule has 0 aliphatic rings. The van der Waals surface area contributed by atoms with E-state index in [4.69, 9.17) is 16.3 Å². The molecular weight excluding hydrogens is 298 g/mol. The lowest BCUT2D eigenvalue weighted by Crippen LogP contribution is -2.23. The van der Waals surface area contributed by atoms with Crippen molar-refractivity contribution < 1.29 is 9.53 Å². The summed E-state index contributed by atoms with van der Waals surface area (Å²) >= 11 is 6.26. The van der Waals surface area contributed by atoms with Crippen molar-refractivity contribution in [2.45, 2.75) is 25.1 Å². The second-order valence-electron chi connectivity index (χ2n) is 4.99. The van der Waals surface area contributed by atoms with Gasteiger partial charge in [-0.2, -0.15) is 0 Å². The van der Waals surface area contributed by atoms with Gasteiger partial charge in [-0.3, -0.25) is 4.79 Å². The van der Waals surface area contributed by atoms with Crippen molar-refractivity contribution in [2.75, 3.05) is 11.9 Å². The van der Waals surface area contributed by atoms with Crippen LogP contribution in [0.3, 0.4) is 0 Å². The molecule has 4 heteroatoms. The topological polar surface area (TPSA) is 38.3 Å². The molecule has 1 N–H and O–H groups in total. The molecular formula is C18H20ClNO2. The number of carbonyl (C=O) groups excluding carboxylic acids is 1. The van der Waals surface area contributed by atoms with Crippen LogP contribution < -0.4 is 5.32 Å². The van der Waals surface area contributed by atoms with Crippen molar-refractivity contribution in [3.63, 3.8) is 0 Å². The standard InChI is InChI=1S/C18H20ClNO2/c1-3-22-18(21)17(13(2)19)15-11-7-8-12-16(15)20-14-9-5-4-6-10-14/h4-13,17,20H,3H2,1-2H3. The summed E-state index contributed by atoms with van der Waals surface area (Å²) < 4.78 is 5.17. The SMILES string of the molecule is CCOC(=O)C(c1ccccc1Nc1ccccc1)C(C)Cl. The lowest BCUT2D eigenvalue weighted by Gasteiger charge is -2.21. The number of para-hydroxylation sites is 2. The summed E-state index contributed by atoms with van der Waals surface area (Å²) in [6.45, 7) is 3.94. The third kappa shape index (κ3) is 4.01. The van der Waals surface area contributed by atoms with Crippen LogP contribution in [0.4, 0.5) is 11.4 Å². The van der Waals surface area contributed by atoms with Gasteiger partial charge in [0.1, 0.15) is 0 Å². The Morgan fingerprint density at radius 3 is 2.41 bits per heavy atom. The monoisotopic (exact) mass is 317 g/mol. The first-order valence-electron chi connectivity index (χ1n) is 7.35. The molecule has 2 aromatic rings. The molecule has 2 atom stereocenters. The summed E-state index contributed by atoms with van der Waals surface area (Å²) in [5.74, 6) is -0.804. The molecule has 0 aliphatic heterocycles. The molecule has 2 aromatic carbocycles. The number of hydrogen-bond donors (Lipinski definition) is 1. The highest BCUT2D eigenvalue weighted by Gasteiger charge is 2.29. The molecule has 0 spiro atoms. The van der Waals surface area contributed by atoms with Crippen LogP contribution in [0.15, 0.2) is 54.6 Å². The number of benzene rings is 2. The first kappa shape index (κ1) is 16.4. The highest BCUT2D eigenvalue weighted by Crippen LogP contribution is 2.32. The van der Waals surface area contributed by atoms with Crippen LogP contribution >= 0.6 is 11.6 Å². The van der Waals surface area contributed by atoms with Crippen molar-refractivity contribution in [1.29, 1.82) is 0 Å². The third-order valence-corrected chi connectivity index (χ3v) is 3.60. The Balaban J connectivity index is 2.35. The molecule has 2 unspecified atom stereocenters. The average molecular weight is 318 g/mol. The molecule has 0 aliphatic carbocycles. The van der Waals surface area contributed by atoms with E-state index in [0.29, 0.717) is 6.61 Å². The van der Waals surface area contributed by atoms with E-state index in [-0.39, 0.29) is 11.3 Å². The Morgan fingerprint density at radius 2 is 1.77 bits per heavy atom. The molecule has 0 heterocycles. The highest BCUT2D eigenvalue weighted by molar-refractivity contribution is 6.22. The molecule has 0 amide bonds. The smallest absolute Gasteiger partial charge is 0.314 e. The maximum absolute atomic E-state index is 12.3. The molecule has 22 heavy (non-hydrogen) atoms. The normalized spacial score (nSPS) is 13.2. The fourth-order valence-corrected chi connectivity index (χ4v) is 2.59. The summed E-state index contributed by atoms with van der Waals surface area (Å²) in [6, 6.07) is 17.5. The van der Waals surface area contributed by atoms with Gasteiger partial charge < -0.3 is 10.1 Å². The maximum Gasteiger partial charge on any atom is 0.314 e. The van der Waals surface area contributed by atoms with Crippen LogP contribution in [0, 0.1) is 0 Å². The van der Waals surface area contributed by atoms with Gasteiger partial charge in [-0.05, 0) is 37.6 Å². The lowest BCUT2D eigenvalue weighted by molar-refractivity contribution is -0.144.